The molecule has 1 amide bonds. The summed E-state index contributed by atoms with van der Waals surface area (Å²) >= 11 is 0. The number of hydrogen-bond acceptors (Lipinski definition) is 2. The number of nitrogens with one attached hydrogen (secondary N) is 1. The molecule has 2 rings (SSSR count). The molecular formula is C12H10N2O. The van der Waals surface area contributed by atoms with Crippen LogP contribution in [0.1, 0.15) is 0 Å². The lowest BCUT2D eigenvalue weighted by molar-refractivity contribution is -0.105. The Morgan fingerprint density at radius 1 is 1.07 bits per heavy atom. The molecule has 74 valence electrons. The average molecular weight is 198 g/mol. The van der Waals surface area contributed by atoms with E-state index in [9.17, 15) is 4.79 Å². The summed E-state index contributed by atoms with van der Waals surface area (Å²) in [6, 6.07) is 13.2. The van der Waals surface area contributed by atoms with Crippen LogP contribution in [-0.4, -0.2) is 11.4 Å². The van der Waals surface area contributed by atoms with E-state index in [-0.39, 0.29) is 0 Å². The van der Waals surface area contributed by atoms with Crippen LogP contribution in [0.15, 0.2) is 48.7 Å². The highest BCUT2D eigenvalue weighted by Gasteiger charge is 2.03. The Hall–Kier alpha value is -2.16. The number of carbonyl (C=O) groups excluding carboxylic acids is 1. The van der Waals surface area contributed by atoms with E-state index in [0.29, 0.717) is 6.41 Å². The van der Waals surface area contributed by atoms with E-state index in [4.69, 9.17) is 0 Å². The molecule has 15 heavy (non-hydrogen) atoms. The Balaban J connectivity index is 2.48. The molecule has 0 aliphatic heterocycles. The summed E-state index contributed by atoms with van der Waals surface area (Å²) in [5, 5.41) is 2.65. The van der Waals surface area contributed by atoms with Crippen molar-refractivity contribution >= 4 is 12.1 Å². The van der Waals surface area contributed by atoms with Gasteiger partial charge in [-0.2, -0.15) is 0 Å². The van der Waals surface area contributed by atoms with E-state index in [0.717, 1.165) is 16.9 Å². The van der Waals surface area contributed by atoms with Gasteiger partial charge in [0.2, 0.25) is 6.41 Å². The average Bonchev–Trinajstić information content (AvgIpc) is 2.31. The first kappa shape index (κ1) is 9.40. The maximum Gasteiger partial charge on any atom is 0.211 e. The molecule has 0 radical (unpaired) electrons. The van der Waals surface area contributed by atoms with Crippen molar-refractivity contribution in [2.45, 2.75) is 0 Å². The SMILES string of the molecule is O=CNc1ccccc1-c1ccccn1. The van der Waals surface area contributed by atoms with Crippen molar-refractivity contribution in [3.8, 4) is 11.3 Å². The molecule has 1 aromatic heterocycles. The molecule has 0 atom stereocenters. The number of para-hydroxylation sites is 1. The predicted octanol–water partition coefficient (Wildman–Crippen LogP) is 2.32. The summed E-state index contributed by atoms with van der Waals surface area (Å²) in [6.45, 7) is 0. The van der Waals surface area contributed by atoms with Gasteiger partial charge in [-0.25, -0.2) is 0 Å². The van der Waals surface area contributed by atoms with E-state index < -0.39 is 0 Å². The van der Waals surface area contributed by atoms with Crippen molar-refractivity contribution < 1.29 is 4.79 Å². The fraction of sp³-hybridized carbons (Fsp3) is 0. The van der Waals surface area contributed by atoms with Crippen molar-refractivity contribution in [3.05, 3.63) is 48.7 Å². The zero-order valence-corrected chi connectivity index (χ0v) is 8.05. The van der Waals surface area contributed by atoms with Gasteiger partial charge < -0.3 is 5.32 Å². The van der Waals surface area contributed by atoms with Crippen molar-refractivity contribution in [3.63, 3.8) is 0 Å². The van der Waals surface area contributed by atoms with Crippen LogP contribution >= 0.6 is 0 Å². The van der Waals surface area contributed by atoms with Gasteiger partial charge in [0, 0.05) is 17.4 Å². The zero-order valence-electron chi connectivity index (χ0n) is 8.05. The first-order chi connectivity index (χ1) is 7.42. The number of anilines is 1. The lowest BCUT2D eigenvalue weighted by Crippen LogP contribution is -1.96. The normalized spacial score (nSPS) is 9.60. The highest BCUT2D eigenvalue weighted by atomic mass is 16.1. The molecule has 0 spiro atoms. The third-order valence-corrected chi connectivity index (χ3v) is 2.08. The molecular weight excluding hydrogens is 188 g/mol. The summed E-state index contributed by atoms with van der Waals surface area (Å²) in [7, 11) is 0. The van der Waals surface area contributed by atoms with Crippen LogP contribution in [0.3, 0.4) is 0 Å². The molecule has 1 aromatic carbocycles. The van der Waals surface area contributed by atoms with Crippen LogP contribution in [0.4, 0.5) is 5.69 Å². The highest BCUT2D eigenvalue weighted by molar-refractivity contribution is 5.83. The lowest BCUT2D eigenvalue weighted by Gasteiger charge is -2.06. The van der Waals surface area contributed by atoms with Crippen LogP contribution in [-0.2, 0) is 4.79 Å². The quantitative estimate of drug-likeness (QED) is 0.769. The van der Waals surface area contributed by atoms with Gasteiger partial charge in [0.15, 0.2) is 0 Å². The largest absolute Gasteiger partial charge is 0.328 e. The number of amides is 1. The van der Waals surface area contributed by atoms with Gasteiger partial charge in [-0.05, 0) is 18.2 Å². The second kappa shape index (κ2) is 4.37. The summed E-state index contributed by atoms with van der Waals surface area (Å²) in [6.07, 6.45) is 2.40. The van der Waals surface area contributed by atoms with E-state index >= 15 is 0 Å². The molecule has 3 nitrogen and oxygen atoms in total. The van der Waals surface area contributed by atoms with Crippen LogP contribution in [0, 0.1) is 0 Å². The standard InChI is InChI=1S/C12H10N2O/c15-9-14-12-6-2-1-5-10(12)11-7-3-4-8-13-11/h1-9H,(H,14,15). The Morgan fingerprint density at radius 3 is 2.60 bits per heavy atom. The topological polar surface area (TPSA) is 42.0 Å². The van der Waals surface area contributed by atoms with Crippen molar-refractivity contribution in [1.29, 1.82) is 0 Å². The fourth-order valence-electron chi connectivity index (χ4n) is 1.42. The number of aromatic nitrogens is 1. The molecule has 0 fully saturated rings. The first-order valence-corrected chi connectivity index (χ1v) is 4.62. The molecule has 0 aliphatic rings. The predicted molar refractivity (Wildman–Crippen MR) is 59.4 cm³/mol. The minimum Gasteiger partial charge on any atom is -0.328 e. The maximum atomic E-state index is 10.4. The number of benzene rings is 1. The molecule has 0 bridgehead atoms. The molecule has 2 aromatic rings. The van der Waals surface area contributed by atoms with Gasteiger partial charge in [0.25, 0.3) is 0 Å². The molecule has 0 aliphatic carbocycles. The summed E-state index contributed by atoms with van der Waals surface area (Å²) in [5.74, 6) is 0. The van der Waals surface area contributed by atoms with Crippen LogP contribution in [0.2, 0.25) is 0 Å². The van der Waals surface area contributed by atoms with Gasteiger partial charge in [0.05, 0.1) is 5.69 Å². The molecule has 0 unspecified atom stereocenters. The Kier molecular flexibility index (Phi) is 2.74. The van der Waals surface area contributed by atoms with E-state index in [1.807, 2.05) is 42.5 Å². The van der Waals surface area contributed by atoms with Crippen LogP contribution in [0.5, 0.6) is 0 Å². The minimum atomic E-state index is 0.668. The second-order valence-corrected chi connectivity index (χ2v) is 3.02. The van der Waals surface area contributed by atoms with Gasteiger partial charge in [-0.3, -0.25) is 9.78 Å². The number of pyridine rings is 1. The monoisotopic (exact) mass is 198 g/mol. The summed E-state index contributed by atoms with van der Waals surface area (Å²) in [5.41, 5.74) is 2.54. The number of carbonyl (C=O) groups is 1. The van der Waals surface area contributed by atoms with Crippen molar-refractivity contribution in [2.24, 2.45) is 0 Å². The molecule has 1 heterocycles. The van der Waals surface area contributed by atoms with Gasteiger partial charge in [-0.15, -0.1) is 0 Å². The van der Waals surface area contributed by atoms with E-state index in [1.54, 1.807) is 6.20 Å². The Labute approximate surface area is 87.8 Å². The van der Waals surface area contributed by atoms with Gasteiger partial charge >= 0.3 is 0 Å². The van der Waals surface area contributed by atoms with E-state index in [1.165, 1.54) is 0 Å². The number of hydrogen-bond donors (Lipinski definition) is 1. The minimum absolute atomic E-state index is 0.668. The highest BCUT2D eigenvalue weighted by Crippen LogP contribution is 2.24. The van der Waals surface area contributed by atoms with Crippen LogP contribution in [0.25, 0.3) is 11.3 Å². The Morgan fingerprint density at radius 2 is 1.87 bits per heavy atom. The smallest absolute Gasteiger partial charge is 0.211 e. The molecule has 0 saturated heterocycles. The third-order valence-electron chi connectivity index (χ3n) is 2.08. The molecule has 0 saturated carbocycles. The van der Waals surface area contributed by atoms with Crippen molar-refractivity contribution in [1.82, 2.24) is 4.98 Å². The van der Waals surface area contributed by atoms with Crippen molar-refractivity contribution in [2.75, 3.05) is 5.32 Å². The third kappa shape index (κ3) is 2.02. The summed E-state index contributed by atoms with van der Waals surface area (Å²) in [4.78, 5) is 14.7. The lowest BCUT2D eigenvalue weighted by atomic mass is 10.1. The first-order valence-electron chi connectivity index (χ1n) is 4.62. The Bertz CT molecular complexity index is 454. The zero-order chi connectivity index (χ0) is 10.5. The van der Waals surface area contributed by atoms with Gasteiger partial charge in [0.1, 0.15) is 0 Å². The number of nitrogens with zero attached hydrogens (tertiary/aromatic N) is 1. The second-order valence-electron chi connectivity index (χ2n) is 3.02. The molecule has 1 N–H and O–H groups in total. The fourth-order valence-corrected chi connectivity index (χ4v) is 1.42. The number of rotatable bonds is 3. The maximum absolute atomic E-state index is 10.4. The molecule has 3 heteroatoms. The van der Waals surface area contributed by atoms with E-state index in [2.05, 4.69) is 10.3 Å². The van der Waals surface area contributed by atoms with Crippen LogP contribution < -0.4 is 5.32 Å². The summed E-state index contributed by atoms with van der Waals surface area (Å²) < 4.78 is 0. The van der Waals surface area contributed by atoms with Gasteiger partial charge in [-0.1, -0.05) is 24.3 Å².